The summed E-state index contributed by atoms with van der Waals surface area (Å²) in [6, 6.07) is 19.1. The number of nitrogens with zero attached hydrogens (tertiary/aromatic N) is 1. The molecule has 0 aromatic heterocycles. The third-order valence-electron chi connectivity index (χ3n) is 5.51. The predicted molar refractivity (Wildman–Crippen MR) is 118 cm³/mol. The molecule has 1 aliphatic heterocycles. The van der Waals surface area contributed by atoms with Crippen LogP contribution in [-0.4, -0.2) is 20.4 Å². The van der Waals surface area contributed by atoms with Crippen molar-refractivity contribution in [1.82, 2.24) is 5.32 Å². The molecule has 0 fully saturated rings. The highest BCUT2D eigenvalue weighted by Gasteiger charge is 2.36. The van der Waals surface area contributed by atoms with Crippen molar-refractivity contribution in [3.8, 4) is 0 Å². The van der Waals surface area contributed by atoms with E-state index < -0.39 is 15.8 Å². The van der Waals surface area contributed by atoms with Gasteiger partial charge >= 0.3 is 0 Å². The van der Waals surface area contributed by atoms with Crippen molar-refractivity contribution < 1.29 is 17.6 Å². The maximum absolute atomic E-state index is 13.2. The van der Waals surface area contributed by atoms with Gasteiger partial charge in [-0.05, 0) is 73.9 Å². The summed E-state index contributed by atoms with van der Waals surface area (Å²) in [6.45, 7) is 3.73. The second-order valence-electron chi connectivity index (χ2n) is 7.76. The van der Waals surface area contributed by atoms with Crippen molar-refractivity contribution in [2.24, 2.45) is 0 Å². The van der Waals surface area contributed by atoms with Crippen molar-refractivity contribution >= 4 is 21.6 Å². The maximum Gasteiger partial charge on any atom is 0.264 e. The van der Waals surface area contributed by atoms with Crippen molar-refractivity contribution in [2.45, 2.75) is 37.2 Å². The molecule has 0 saturated carbocycles. The Morgan fingerprint density at radius 1 is 1.06 bits per heavy atom. The van der Waals surface area contributed by atoms with Crippen molar-refractivity contribution in [3.63, 3.8) is 0 Å². The Kier molecular flexibility index (Phi) is 5.54. The third kappa shape index (κ3) is 4.05. The van der Waals surface area contributed by atoms with Crippen LogP contribution >= 0.6 is 0 Å². The number of halogens is 1. The van der Waals surface area contributed by atoms with Crippen LogP contribution in [0.25, 0.3) is 0 Å². The Hall–Kier alpha value is -3.19. The number of anilines is 1. The summed E-state index contributed by atoms with van der Waals surface area (Å²) in [6.07, 6.45) is 0.491. The van der Waals surface area contributed by atoms with E-state index in [1.807, 2.05) is 44.2 Å². The molecule has 0 bridgehead atoms. The highest BCUT2D eigenvalue weighted by atomic mass is 32.2. The molecule has 3 aromatic carbocycles. The van der Waals surface area contributed by atoms with Crippen LogP contribution < -0.4 is 9.62 Å². The number of carbonyl (C=O) groups is 1. The summed E-state index contributed by atoms with van der Waals surface area (Å²) >= 11 is 0. The van der Waals surface area contributed by atoms with Gasteiger partial charge in [0.15, 0.2) is 0 Å². The molecule has 2 atom stereocenters. The zero-order valence-electron chi connectivity index (χ0n) is 17.2. The fraction of sp³-hybridized carbons (Fsp3) is 0.208. The van der Waals surface area contributed by atoms with Crippen molar-refractivity contribution in [2.75, 3.05) is 4.31 Å². The van der Waals surface area contributed by atoms with Crippen LogP contribution in [0.4, 0.5) is 10.1 Å². The third-order valence-corrected chi connectivity index (χ3v) is 7.45. The van der Waals surface area contributed by atoms with Gasteiger partial charge in [0.05, 0.1) is 16.6 Å². The van der Waals surface area contributed by atoms with E-state index in [4.69, 9.17) is 0 Å². The number of rotatable bonds is 5. The zero-order chi connectivity index (χ0) is 22.2. The van der Waals surface area contributed by atoms with Crippen molar-refractivity contribution in [1.29, 1.82) is 0 Å². The van der Waals surface area contributed by atoms with Crippen LogP contribution in [0.15, 0.2) is 77.7 Å². The fourth-order valence-corrected chi connectivity index (χ4v) is 5.63. The minimum absolute atomic E-state index is 0.0344. The van der Waals surface area contributed by atoms with E-state index in [0.29, 0.717) is 17.7 Å². The number of amides is 1. The smallest absolute Gasteiger partial charge is 0.264 e. The van der Waals surface area contributed by atoms with E-state index >= 15 is 0 Å². The highest BCUT2D eigenvalue weighted by Crippen LogP contribution is 2.37. The first-order valence-corrected chi connectivity index (χ1v) is 11.5. The van der Waals surface area contributed by atoms with E-state index in [9.17, 15) is 17.6 Å². The molecular weight excluding hydrogens is 415 g/mol. The molecule has 0 unspecified atom stereocenters. The van der Waals surface area contributed by atoms with Crippen LogP contribution in [0.2, 0.25) is 0 Å². The number of benzene rings is 3. The predicted octanol–water partition coefficient (Wildman–Crippen LogP) is 4.46. The minimum Gasteiger partial charge on any atom is -0.346 e. The summed E-state index contributed by atoms with van der Waals surface area (Å²) in [5.74, 6) is -0.708. The van der Waals surface area contributed by atoms with Gasteiger partial charge in [-0.3, -0.25) is 9.10 Å². The minimum atomic E-state index is -3.84. The SMILES string of the molecule is C[C@H](NC(=O)c1ccc2c(c1)C[C@H](C)N2S(=O)(=O)c1ccc(F)cc1)c1ccccc1. The van der Waals surface area contributed by atoms with Crippen LogP contribution in [0.3, 0.4) is 0 Å². The Morgan fingerprint density at radius 3 is 2.42 bits per heavy atom. The lowest BCUT2D eigenvalue weighted by Gasteiger charge is -2.24. The first kappa shape index (κ1) is 21.1. The lowest BCUT2D eigenvalue weighted by molar-refractivity contribution is 0.0940. The number of hydrogen-bond acceptors (Lipinski definition) is 3. The molecule has 0 spiro atoms. The molecule has 7 heteroatoms. The molecule has 1 heterocycles. The largest absolute Gasteiger partial charge is 0.346 e. The van der Waals surface area contributed by atoms with E-state index in [2.05, 4.69) is 5.32 Å². The van der Waals surface area contributed by atoms with Gasteiger partial charge < -0.3 is 5.32 Å². The Balaban J connectivity index is 1.59. The number of fused-ring (bicyclic) bond motifs is 1. The van der Waals surface area contributed by atoms with Crippen LogP contribution in [0, 0.1) is 5.82 Å². The summed E-state index contributed by atoms with van der Waals surface area (Å²) < 4.78 is 40.9. The highest BCUT2D eigenvalue weighted by molar-refractivity contribution is 7.92. The normalized spacial score (nSPS) is 16.6. The molecule has 0 radical (unpaired) electrons. The molecule has 3 aromatic rings. The molecule has 1 N–H and O–H groups in total. The fourth-order valence-electron chi connectivity index (χ4n) is 3.94. The summed E-state index contributed by atoms with van der Waals surface area (Å²) in [5.41, 5.74) is 2.82. The lowest BCUT2D eigenvalue weighted by Crippen LogP contribution is -2.35. The monoisotopic (exact) mass is 438 g/mol. The van der Waals surface area contributed by atoms with Crippen LogP contribution in [0.1, 0.15) is 41.4 Å². The second-order valence-corrected chi connectivity index (χ2v) is 9.57. The van der Waals surface area contributed by atoms with E-state index in [1.54, 1.807) is 18.2 Å². The lowest BCUT2D eigenvalue weighted by atomic mass is 10.0. The van der Waals surface area contributed by atoms with E-state index in [1.165, 1.54) is 16.4 Å². The number of carbonyl (C=O) groups excluding carboxylic acids is 1. The first-order valence-electron chi connectivity index (χ1n) is 10.1. The topological polar surface area (TPSA) is 66.5 Å². The molecule has 31 heavy (non-hydrogen) atoms. The van der Waals surface area contributed by atoms with Gasteiger partial charge in [-0.15, -0.1) is 0 Å². The van der Waals surface area contributed by atoms with Gasteiger partial charge in [0, 0.05) is 11.6 Å². The van der Waals surface area contributed by atoms with Crippen LogP contribution in [0.5, 0.6) is 0 Å². The number of nitrogens with one attached hydrogen (secondary N) is 1. The van der Waals surface area contributed by atoms with E-state index in [-0.39, 0.29) is 22.9 Å². The number of hydrogen-bond donors (Lipinski definition) is 1. The molecule has 5 nitrogen and oxygen atoms in total. The van der Waals surface area contributed by atoms with E-state index in [0.717, 1.165) is 23.3 Å². The first-order chi connectivity index (χ1) is 14.8. The Labute approximate surface area is 181 Å². The molecule has 1 aliphatic rings. The Morgan fingerprint density at radius 2 is 1.74 bits per heavy atom. The average molecular weight is 439 g/mol. The molecule has 1 amide bonds. The number of sulfonamides is 1. The average Bonchev–Trinajstić information content (AvgIpc) is 3.10. The molecule has 0 aliphatic carbocycles. The second kappa shape index (κ2) is 8.15. The molecular formula is C24H23FN2O3S. The van der Waals surface area contributed by atoms with Gasteiger partial charge in [0.1, 0.15) is 5.82 Å². The standard InChI is InChI=1S/C24H23FN2O3S/c1-16-14-20-15-19(24(28)26-17(2)18-6-4-3-5-7-18)8-13-23(20)27(16)31(29,30)22-11-9-21(25)10-12-22/h3-13,15-17H,14H2,1-2H3,(H,26,28)/t16-,17-/m0/s1. The van der Waals surface area contributed by atoms with Gasteiger partial charge in [-0.25, -0.2) is 12.8 Å². The van der Waals surface area contributed by atoms with Gasteiger partial charge in [-0.1, -0.05) is 30.3 Å². The quantitative estimate of drug-likeness (QED) is 0.640. The summed E-state index contributed by atoms with van der Waals surface area (Å²) in [7, 11) is -3.84. The molecule has 0 saturated heterocycles. The molecule has 4 rings (SSSR count). The summed E-state index contributed by atoms with van der Waals surface area (Å²) in [4.78, 5) is 12.8. The molecule has 160 valence electrons. The zero-order valence-corrected chi connectivity index (χ0v) is 18.1. The van der Waals surface area contributed by atoms with Gasteiger partial charge in [-0.2, -0.15) is 0 Å². The van der Waals surface area contributed by atoms with Crippen molar-refractivity contribution in [3.05, 3.63) is 95.3 Å². The summed E-state index contributed by atoms with van der Waals surface area (Å²) in [5, 5.41) is 2.98. The Bertz CT molecular complexity index is 1210. The van der Waals surface area contributed by atoms with Gasteiger partial charge in [0.25, 0.3) is 15.9 Å². The maximum atomic E-state index is 13.2. The van der Waals surface area contributed by atoms with Gasteiger partial charge in [0.2, 0.25) is 0 Å². The van der Waals surface area contributed by atoms with Crippen LogP contribution in [-0.2, 0) is 16.4 Å².